The van der Waals surface area contributed by atoms with Crippen LogP contribution >= 0.6 is 0 Å². The number of unbranched alkanes of at least 4 members (excludes halogenated alkanes) is 4. The summed E-state index contributed by atoms with van der Waals surface area (Å²) in [5.41, 5.74) is 0.347. The van der Waals surface area contributed by atoms with Gasteiger partial charge in [-0.05, 0) is 44.4 Å². The van der Waals surface area contributed by atoms with Gasteiger partial charge in [0.15, 0.2) is 0 Å². The van der Waals surface area contributed by atoms with Gasteiger partial charge in [0, 0.05) is 5.60 Å². The fourth-order valence-electron chi connectivity index (χ4n) is 3.04. The van der Waals surface area contributed by atoms with Gasteiger partial charge in [-0.2, -0.15) is 0 Å². The van der Waals surface area contributed by atoms with Crippen molar-refractivity contribution in [2.45, 2.75) is 123 Å². The molecule has 0 aromatic rings. The molecule has 0 aliphatic rings. The Kier molecular flexibility index (Phi) is 13.0. The van der Waals surface area contributed by atoms with Crippen molar-refractivity contribution in [3.8, 4) is 0 Å². The van der Waals surface area contributed by atoms with Crippen LogP contribution in [0.15, 0.2) is 0 Å². The van der Waals surface area contributed by atoms with Gasteiger partial charge in [-0.15, -0.1) is 0 Å². The van der Waals surface area contributed by atoms with Crippen LogP contribution in [-0.4, -0.2) is 29.7 Å². The summed E-state index contributed by atoms with van der Waals surface area (Å²) < 4.78 is 12.2. The second kappa shape index (κ2) is 13.1. The third-order valence-electron chi connectivity index (χ3n) is 4.93. The first kappa shape index (κ1) is 25.9. The average molecular weight is 401 g/mol. The quantitative estimate of drug-likeness (QED) is 0.239. The number of hydrogen-bond donors (Lipinski definition) is 0. The Morgan fingerprint density at radius 2 is 1.46 bits per heavy atom. The molecule has 0 aromatic carbocycles. The number of rotatable bonds is 14. The summed E-state index contributed by atoms with van der Waals surface area (Å²) in [5.74, 6) is -0.0537. The molecule has 0 amide bonds. The maximum atomic E-state index is 12.8. The molecule has 0 aromatic heterocycles. The molecule has 5 heteroatoms. The molecular weight excluding hydrogens is 356 g/mol. The van der Waals surface area contributed by atoms with E-state index >= 15 is 0 Å². The van der Waals surface area contributed by atoms with Crippen LogP contribution in [0.3, 0.4) is 0 Å². The second-order valence-corrected chi connectivity index (χ2v) is 14.4. The number of hydrogen-bond acceptors (Lipinski definition) is 3. The lowest BCUT2D eigenvalue weighted by Gasteiger charge is -2.36. The van der Waals surface area contributed by atoms with E-state index in [4.69, 9.17) is 8.85 Å². The normalized spacial score (nSPS) is 13.9. The van der Waals surface area contributed by atoms with E-state index in [-0.39, 0.29) is 17.5 Å². The van der Waals surface area contributed by atoms with Crippen LogP contribution in [-0.2, 0) is 13.6 Å². The fourth-order valence-corrected chi connectivity index (χ4v) is 8.11. The zero-order chi connectivity index (χ0) is 20.2. The van der Waals surface area contributed by atoms with Crippen LogP contribution in [0.5, 0.6) is 0 Å². The molecule has 1 atom stereocenters. The molecule has 0 saturated carbocycles. The zero-order valence-electron chi connectivity index (χ0n) is 18.7. The molecule has 1 unspecified atom stereocenters. The van der Waals surface area contributed by atoms with E-state index in [9.17, 15) is 4.79 Å². The maximum Gasteiger partial charge on any atom is 0.295 e. The highest BCUT2D eigenvalue weighted by Crippen LogP contribution is 2.35. The summed E-state index contributed by atoms with van der Waals surface area (Å²) >= 11 is 0. The van der Waals surface area contributed by atoms with Crippen molar-refractivity contribution in [1.29, 1.82) is 0 Å². The monoisotopic (exact) mass is 400 g/mol. The minimum atomic E-state index is -2.04. The molecule has 154 valence electrons. The minimum Gasteiger partial charge on any atom is -0.519 e. The summed E-state index contributed by atoms with van der Waals surface area (Å²) in [5, 5.41) is 0. The predicted octanol–water partition coefficient (Wildman–Crippen LogP) is 6.75. The van der Waals surface area contributed by atoms with Crippen LogP contribution in [0.25, 0.3) is 0 Å². The standard InChI is InChI=1S/C21H44O3Si2/c1-9-11-13-15-26(18(3)4,16-14-12-10-2)23-20(22)19(5)17-25-24-21(6,7)8/h18-19H,9-17H2,1-8H3. The van der Waals surface area contributed by atoms with E-state index in [0.717, 1.165) is 18.1 Å². The van der Waals surface area contributed by atoms with Crippen molar-refractivity contribution in [1.82, 2.24) is 0 Å². The van der Waals surface area contributed by atoms with Crippen LogP contribution in [0, 0.1) is 5.92 Å². The Morgan fingerprint density at radius 3 is 1.85 bits per heavy atom. The first-order chi connectivity index (χ1) is 12.1. The Bertz CT molecular complexity index is 368. The van der Waals surface area contributed by atoms with Gasteiger partial charge in [-0.1, -0.05) is 73.1 Å². The molecule has 0 rings (SSSR count). The SMILES string of the molecule is CCCCC[Si](CCCCC)(OC(=O)C(C)C[Si]OC(C)(C)C)C(C)C. The lowest BCUT2D eigenvalue weighted by atomic mass is 10.2. The summed E-state index contributed by atoms with van der Waals surface area (Å²) in [4.78, 5) is 12.8. The van der Waals surface area contributed by atoms with E-state index in [1.54, 1.807) is 0 Å². The lowest BCUT2D eigenvalue weighted by molar-refractivity contribution is -0.139. The Hall–Kier alpha value is -0.136. The zero-order valence-corrected chi connectivity index (χ0v) is 20.7. The molecule has 0 N–H and O–H groups in total. The Balaban J connectivity index is 4.90. The number of carbonyl (C=O) groups is 1. The molecular formula is C21H44O3Si2. The molecule has 0 aliphatic carbocycles. The third-order valence-corrected chi connectivity index (χ3v) is 11.6. The van der Waals surface area contributed by atoms with E-state index in [1.165, 1.54) is 38.5 Å². The van der Waals surface area contributed by atoms with Gasteiger partial charge in [-0.3, -0.25) is 4.79 Å². The van der Waals surface area contributed by atoms with E-state index < -0.39 is 8.32 Å². The maximum absolute atomic E-state index is 12.8. The Labute approximate surface area is 167 Å². The molecule has 0 fully saturated rings. The summed E-state index contributed by atoms with van der Waals surface area (Å²) in [6.45, 7) is 17.2. The summed E-state index contributed by atoms with van der Waals surface area (Å²) in [6.07, 6.45) is 7.31. The first-order valence-electron chi connectivity index (χ1n) is 10.7. The van der Waals surface area contributed by atoms with Gasteiger partial charge in [0.05, 0.1) is 5.92 Å². The molecule has 0 saturated heterocycles. The van der Waals surface area contributed by atoms with Gasteiger partial charge < -0.3 is 8.85 Å². The molecule has 0 heterocycles. The third kappa shape index (κ3) is 10.9. The largest absolute Gasteiger partial charge is 0.519 e. The van der Waals surface area contributed by atoms with E-state index in [2.05, 4.69) is 48.5 Å². The van der Waals surface area contributed by atoms with E-state index in [0.29, 0.717) is 15.3 Å². The van der Waals surface area contributed by atoms with Crippen LogP contribution < -0.4 is 0 Å². The van der Waals surface area contributed by atoms with Crippen LogP contribution in [0.4, 0.5) is 0 Å². The average Bonchev–Trinajstić information content (AvgIpc) is 2.53. The van der Waals surface area contributed by atoms with Gasteiger partial charge in [0.25, 0.3) is 14.3 Å². The highest BCUT2D eigenvalue weighted by atomic mass is 28.4. The predicted molar refractivity (Wildman–Crippen MR) is 116 cm³/mol. The minimum absolute atomic E-state index is 0.0170. The molecule has 0 bridgehead atoms. The van der Waals surface area contributed by atoms with Gasteiger partial charge in [-0.25, -0.2) is 0 Å². The summed E-state index contributed by atoms with van der Waals surface area (Å²) in [7, 11) is -1.68. The molecule has 0 aliphatic heterocycles. The van der Waals surface area contributed by atoms with E-state index in [1.807, 2.05) is 6.92 Å². The Morgan fingerprint density at radius 1 is 0.962 bits per heavy atom. The van der Waals surface area contributed by atoms with Crippen molar-refractivity contribution < 1.29 is 13.6 Å². The van der Waals surface area contributed by atoms with Crippen molar-refractivity contribution in [3.63, 3.8) is 0 Å². The molecule has 2 radical (unpaired) electrons. The lowest BCUT2D eigenvalue weighted by Crippen LogP contribution is -2.44. The van der Waals surface area contributed by atoms with Crippen molar-refractivity contribution in [2.75, 3.05) is 0 Å². The molecule has 26 heavy (non-hydrogen) atoms. The van der Waals surface area contributed by atoms with Crippen LogP contribution in [0.1, 0.15) is 93.9 Å². The van der Waals surface area contributed by atoms with Gasteiger partial charge >= 0.3 is 0 Å². The highest BCUT2D eigenvalue weighted by Gasteiger charge is 2.41. The second-order valence-electron chi connectivity index (χ2n) is 9.02. The van der Waals surface area contributed by atoms with Gasteiger partial charge in [0.1, 0.15) is 0 Å². The molecule has 3 nitrogen and oxygen atoms in total. The smallest absolute Gasteiger partial charge is 0.295 e. The number of carbonyl (C=O) groups excluding carboxylic acids is 1. The van der Waals surface area contributed by atoms with Crippen molar-refractivity contribution in [3.05, 3.63) is 0 Å². The topological polar surface area (TPSA) is 35.5 Å². The molecule has 0 spiro atoms. The fraction of sp³-hybridized carbons (Fsp3) is 0.952. The first-order valence-corrected chi connectivity index (χ1v) is 14.2. The highest BCUT2D eigenvalue weighted by molar-refractivity contribution is 6.76. The van der Waals surface area contributed by atoms with Crippen LogP contribution in [0.2, 0.25) is 23.7 Å². The van der Waals surface area contributed by atoms with Crippen molar-refractivity contribution in [2.24, 2.45) is 5.92 Å². The van der Waals surface area contributed by atoms with Gasteiger partial charge in [0.2, 0.25) is 9.76 Å². The van der Waals surface area contributed by atoms with Crippen molar-refractivity contribution >= 4 is 24.0 Å². The summed E-state index contributed by atoms with van der Waals surface area (Å²) in [6, 6.07) is 3.02.